The van der Waals surface area contributed by atoms with E-state index >= 15 is 0 Å². The molecule has 1 aromatic rings. The average molecular weight is 287 g/mol. The van der Waals surface area contributed by atoms with Crippen LogP contribution >= 0.6 is 0 Å². The summed E-state index contributed by atoms with van der Waals surface area (Å²) in [5.74, 6) is 0.789. The SMILES string of the molecule is C=C(C)COc1ccc(C(=O)NC2CCCCCC2)cc1. The maximum atomic E-state index is 12.2. The smallest absolute Gasteiger partial charge is 0.251 e. The van der Waals surface area contributed by atoms with Gasteiger partial charge in [0.05, 0.1) is 0 Å². The lowest BCUT2D eigenvalue weighted by atomic mass is 10.1. The van der Waals surface area contributed by atoms with E-state index in [1.165, 1.54) is 25.7 Å². The molecule has 1 saturated carbocycles. The van der Waals surface area contributed by atoms with Gasteiger partial charge in [0, 0.05) is 11.6 Å². The summed E-state index contributed by atoms with van der Waals surface area (Å²) in [4.78, 5) is 12.2. The number of rotatable bonds is 5. The van der Waals surface area contributed by atoms with Crippen LogP contribution in [-0.4, -0.2) is 18.6 Å². The highest BCUT2D eigenvalue weighted by molar-refractivity contribution is 5.94. The van der Waals surface area contributed by atoms with Crippen molar-refractivity contribution in [1.29, 1.82) is 0 Å². The average Bonchev–Trinajstić information content (AvgIpc) is 2.74. The lowest BCUT2D eigenvalue weighted by Crippen LogP contribution is -2.34. The summed E-state index contributed by atoms with van der Waals surface area (Å²) >= 11 is 0. The first-order valence-electron chi connectivity index (χ1n) is 7.83. The van der Waals surface area contributed by atoms with Crippen molar-refractivity contribution in [3.63, 3.8) is 0 Å². The van der Waals surface area contributed by atoms with Crippen LogP contribution in [0.4, 0.5) is 0 Å². The van der Waals surface area contributed by atoms with Gasteiger partial charge in [-0.25, -0.2) is 0 Å². The van der Waals surface area contributed by atoms with Crippen molar-refractivity contribution in [2.24, 2.45) is 0 Å². The number of ether oxygens (including phenoxy) is 1. The van der Waals surface area contributed by atoms with Gasteiger partial charge in [0.2, 0.25) is 0 Å². The van der Waals surface area contributed by atoms with Gasteiger partial charge in [0.1, 0.15) is 12.4 Å². The molecule has 0 aliphatic heterocycles. The minimum atomic E-state index is 0.0216. The molecule has 0 saturated heterocycles. The second-order valence-electron chi connectivity index (χ2n) is 5.93. The maximum Gasteiger partial charge on any atom is 0.251 e. The summed E-state index contributed by atoms with van der Waals surface area (Å²) in [6, 6.07) is 7.65. The maximum absolute atomic E-state index is 12.2. The van der Waals surface area contributed by atoms with Crippen LogP contribution in [0.3, 0.4) is 0 Å². The van der Waals surface area contributed by atoms with Crippen molar-refractivity contribution < 1.29 is 9.53 Å². The van der Waals surface area contributed by atoms with Gasteiger partial charge in [-0.3, -0.25) is 4.79 Å². The monoisotopic (exact) mass is 287 g/mol. The Balaban J connectivity index is 1.88. The predicted octanol–water partition coefficient (Wildman–Crippen LogP) is 4.09. The normalized spacial score (nSPS) is 16.0. The number of benzene rings is 1. The van der Waals surface area contributed by atoms with Gasteiger partial charge in [-0.05, 0) is 49.6 Å². The summed E-state index contributed by atoms with van der Waals surface area (Å²) < 4.78 is 5.54. The first kappa shape index (κ1) is 15.6. The highest BCUT2D eigenvalue weighted by Crippen LogP contribution is 2.18. The van der Waals surface area contributed by atoms with Crippen LogP contribution in [0.15, 0.2) is 36.4 Å². The zero-order valence-corrected chi connectivity index (χ0v) is 12.9. The van der Waals surface area contributed by atoms with E-state index in [-0.39, 0.29) is 5.91 Å². The number of nitrogens with one attached hydrogen (secondary N) is 1. The fraction of sp³-hybridized carbons (Fsp3) is 0.500. The van der Waals surface area contributed by atoms with E-state index in [2.05, 4.69) is 11.9 Å². The van der Waals surface area contributed by atoms with Crippen molar-refractivity contribution in [2.45, 2.75) is 51.5 Å². The summed E-state index contributed by atoms with van der Waals surface area (Å²) in [6.45, 7) is 6.23. The Hall–Kier alpha value is -1.77. The molecule has 0 unspecified atom stereocenters. The number of carbonyl (C=O) groups is 1. The molecule has 0 aromatic heterocycles. The molecule has 2 rings (SSSR count). The molecule has 1 N–H and O–H groups in total. The van der Waals surface area contributed by atoms with Crippen molar-refractivity contribution >= 4 is 5.91 Å². The lowest BCUT2D eigenvalue weighted by molar-refractivity contribution is 0.0933. The van der Waals surface area contributed by atoms with Gasteiger partial charge in [0.15, 0.2) is 0 Å². The molecule has 1 amide bonds. The summed E-state index contributed by atoms with van der Waals surface area (Å²) in [6.07, 6.45) is 7.23. The molecule has 21 heavy (non-hydrogen) atoms. The van der Waals surface area contributed by atoms with Gasteiger partial charge in [0.25, 0.3) is 5.91 Å². The van der Waals surface area contributed by atoms with Gasteiger partial charge in [-0.15, -0.1) is 0 Å². The lowest BCUT2D eigenvalue weighted by Gasteiger charge is -2.16. The van der Waals surface area contributed by atoms with Gasteiger partial charge in [-0.2, -0.15) is 0 Å². The van der Waals surface area contributed by atoms with Crippen molar-refractivity contribution in [3.8, 4) is 5.75 Å². The Kier molecular flexibility index (Phi) is 5.85. The third kappa shape index (κ3) is 5.25. The van der Waals surface area contributed by atoms with Gasteiger partial charge >= 0.3 is 0 Å². The molecule has 1 aliphatic rings. The first-order valence-corrected chi connectivity index (χ1v) is 7.83. The van der Waals surface area contributed by atoms with Crippen LogP contribution in [0.25, 0.3) is 0 Å². The summed E-state index contributed by atoms with van der Waals surface area (Å²) in [5.41, 5.74) is 1.67. The third-order valence-electron chi connectivity index (χ3n) is 3.79. The molecule has 1 fully saturated rings. The van der Waals surface area contributed by atoms with E-state index in [1.807, 2.05) is 31.2 Å². The molecule has 0 atom stereocenters. The Bertz CT molecular complexity index is 470. The van der Waals surface area contributed by atoms with Crippen LogP contribution in [0.1, 0.15) is 55.8 Å². The summed E-state index contributed by atoms with van der Waals surface area (Å²) in [5, 5.41) is 3.15. The molecule has 3 nitrogen and oxygen atoms in total. The Labute approximate surface area is 127 Å². The molecule has 0 radical (unpaired) electrons. The Morgan fingerprint density at radius 1 is 1.19 bits per heavy atom. The summed E-state index contributed by atoms with van der Waals surface area (Å²) in [7, 11) is 0. The molecular weight excluding hydrogens is 262 g/mol. The number of amides is 1. The Morgan fingerprint density at radius 3 is 2.38 bits per heavy atom. The van der Waals surface area contributed by atoms with E-state index in [1.54, 1.807) is 0 Å². The highest BCUT2D eigenvalue weighted by atomic mass is 16.5. The Morgan fingerprint density at radius 2 is 1.81 bits per heavy atom. The van der Waals surface area contributed by atoms with Crippen LogP contribution < -0.4 is 10.1 Å². The molecule has 3 heteroatoms. The standard InChI is InChI=1S/C18H25NO2/c1-14(2)13-21-17-11-9-15(10-12-17)18(20)19-16-7-5-3-4-6-8-16/h9-12,16H,1,3-8,13H2,2H3,(H,19,20). The second-order valence-corrected chi connectivity index (χ2v) is 5.93. The third-order valence-corrected chi connectivity index (χ3v) is 3.79. The highest BCUT2D eigenvalue weighted by Gasteiger charge is 2.15. The molecule has 0 bridgehead atoms. The van der Waals surface area contributed by atoms with Crippen LogP contribution in [-0.2, 0) is 0 Å². The molecule has 1 aromatic carbocycles. The van der Waals surface area contributed by atoms with E-state index in [0.29, 0.717) is 18.2 Å². The quantitative estimate of drug-likeness (QED) is 0.654. The van der Waals surface area contributed by atoms with E-state index in [9.17, 15) is 4.79 Å². The van der Waals surface area contributed by atoms with Crippen LogP contribution in [0.2, 0.25) is 0 Å². The zero-order valence-electron chi connectivity index (χ0n) is 12.9. The first-order chi connectivity index (χ1) is 10.1. The topological polar surface area (TPSA) is 38.3 Å². The van der Waals surface area contributed by atoms with Crippen LogP contribution in [0, 0.1) is 0 Å². The van der Waals surface area contributed by atoms with Gasteiger partial charge < -0.3 is 10.1 Å². The molecule has 1 aliphatic carbocycles. The van der Waals surface area contributed by atoms with Crippen molar-refractivity contribution in [2.75, 3.05) is 6.61 Å². The number of hydrogen-bond acceptors (Lipinski definition) is 2. The van der Waals surface area contributed by atoms with Crippen LogP contribution in [0.5, 0.6) is 5.75 Å². The molecule has 0 spiro atoms. The van der Waals surface area contributed by atoms with Crippen molar-refractivity contribution in [3.05, 3.63) is 42.0 Å². The molecular formula is C18H25NO2. The van der Waals surface area contributed by atoms with E-state index < -0.39 is 0 Å². The molecule has 114 valence electrons. The number of hydrogen-bond donors (Lipinski definition) is 1. The number of carbonyl (C=O) groups excluding carboxylic acids is 1. The predicted molar refractivity (Wildman–Crippen MR) is 85.7 cm³/mol. The fourth-order valence-electron chi connectivity index (χ4n) is 2.60. The minimum absolute atomic E-state index is 0.0216. The van der Waals surface area contributed by atoms with E-state index in [4.69, 9.17) is 4.74 Å². The van der Waals surface area contributed by atoms with Crippen molar-refractivity contribution in [1.82, 2.24) is 5.32 Å². The second kappa shape index (κ2) is 7.87. The fourth-order valence-corrected chi connectivity index (χ4v) is 2.60. The molecule has 0 heterocycles. The minimum Gasteiger partial charge on any atom is -0.489 e. The largest absolute Gasteiger partial charge is 0.489 e. The van der Waals surface area contributed by atoms with Gasteiger partial charge in [-0.1, -0.05) is 32.3 Å². The zero-order chi connectivity index (χ0) is 15.1. The van der Waals surface area contributed by atoms with E-state index in [0.717, 1.165) is 24.2 Å².